The lowest BCUT2D eigenvalue weighted by Gasteiger charge is -2.27. The van der Waals surface area contributed by atoms with E-state index in [0.717, 1.165) is 54.3 Å². The van der Waals surface area contributed by atoms with E-state index in [9.17, 15) is 9.59 Å². The number of nitrogens with zero attached hydrogens (tertiary/aromatic N) is 1. The molecule has 1 saturated heterocycles. The minimum atomic E-state index is -0.00646. The van der Waals surface area contributed by atoms with Gasteiger partial charge in [0, 0.05) is 19.5 Å². The molecule has 1 aromatic rings. The Morgan fingerprint density at radius 1 is 1.14 bits per heavy atom. The number of rotatable bonds is 7. The normalized spacial score (nSPS) is 19.8. The van der Waals surface area contributed by atoms with Gasteiger partial charge < -0.3 is 24.6 Å². The molecule has 7 heteroatoms. The van der Waals surface area contributed by atoms with Gasteiger partial charge in [-0.1, -0.05) is 6.07 Å². The molecule has 1 unspecified atom stereocenters. The maximum absolute atomic E-state index is 13.0. The smallest absolute Gasteiger partial charge is 0.278 e. The van der Waals surface area contributed by atoms with E-state index in [4.69, 9.17) is 9.47 Å². The number of nitrogens with one attached hydrogen (secondary N) is 2. The van der Waals surface area contributed by atoms with Crippen molar-refractivity contribution in [2.24, 2.45) is 0 Å². The molecule has 1 fully saturated rings. The standard InChI is InChI=1S/C21H31N3O4/c1-3-22-20(25)14-23(4-2)15-21(26)24-10-5-7-17(24)16-8-9-18-19(13-16)28-12-6-11-27-18/h8-9,13,17H,3-7,10-12,14-15H2,1-2H3,(H,22,25)/p+1/t17-/m1/s1. The Morgan fingerprint density at radius 3 is 2.68 bits per heavy atom. The van der Waals surface area contributed by atoms with E-state index in [1.165, 1.54) is 0 Å². The van der Waals surface area contributed by atoms with Crippen LogP contribution in [0, 0.1) is 0 Å². The number of fused-ring (bicyclic) bond motifs is 1. The Balaban J connectivity index is 1.67. The van der Waals surface area contributed by atoms with Gasteiger partial charge in [0.05, 0.1) is 25.8 Å². The zero-order valence-electron chi connectivity index (χ0n) is 17.0. The monoisotopic (exact) mass is 390 g/mol. The summed E-state index contributed by atoms with van der Waals surface area (Å²) in [6.07, 6.45) is 2.81. The lowest BCUT2D eigenvalue weighted by atomic mass is 10.0. The highest BCUT2D eigenvalue weighted by Crippen LogP contribution is 2.37. The molecule has 0 saturated carbocycles. The highest BCUT2D eigenvalue weighted by Gasteiger charge is 2.32. The molecule has 2 aliphatic rings. The molecule has 2 N–H and O–H groups in total. The van der Waals surface area contributed by atoms with Gasteiger partial charge in [0.2, 0.25) is 0 Å². The van der Waals surface area contributed by atoms with Crippen LogP contribution in [-0.4, -0.2) is 62.7 Å². The summed E-state index contributed by atoms with van der Waals surface area (Å²) in [6.45, 7) is 8.02. The van der Waals surface area contributed by atoms with Crippen molar-refractivity contribution in [2.75, 3.05) is 45.9 Å². The van der Waals surface area contributed by atoms with Gasteiger partial charge in [0.25, 0.3) is 11.8 Å². The summed E-state index contributed by atoms with van der Waals surface area (Å²) in [4.78, 5) is 27.8. The molecule has 0 aromatic heterocycles. The Hall–Kier alpha value is -2.28. The third-order valence-electron chi connectivity index (χ3n) is 5.42. The Labute approximate surface area is 167 Å². The van der Waals surface area contributed by atoms with Crippen molar-refractivity contribution in [3.05, 3.63) is 23.8 Å². The summed E-state index contributed by atoms with van der Waals surface area (Å²) >= 11 is 0. The maximum atomic E-state index is 13.0. The number of likely N-dealkylation sites (N-methyl/N-ethyl adjacent to an activating group) is 2. The zero-order chi connectivity index (χ0) is 19.9. The van der Waals surface area contributed by atoms with Crippen LogP contribution in [0.4, 0.5) is 0 Å². The second-order valence-corrected chi connectivity index (χ2v) is 7.41. The molecule has 154 valence electrons. The van der Waals surface area contributed by atoms with Gasteiger partial charge >= 0.3 is 0 Å². The fourth-order valence-electron chi connectivity index (χ4n) is 3.91. The first-order valence-corrected chi connectivity index (χ1v) is 10.4. The van der Waals surface area contributed by atoms with Gasteiger partial charge in [0.15, 0.2) is 24.6 Å². The fourth-order valence-corrected chi connectivity index (χ4v) is 3.91. The number of amides is 2. The predicted molar refractivity (Wildman–Crippen MR) is 106 cm³/mol. The number of hydrogen-bond donors (Lipinski definition) is 2. The number of hydrogen-bond acceptors (Lipinski definition) is 4. The van der Waals surface area contributed by atoms with Crippen molar-refractivity contribution in [1.29, 1.82) is 0 Å². The summed E-state index contributed by atoms with van der Waals surface area (Å²) in [6, 6.07) is 6.08. The van der Waals surface area contributed by atoms with Gasteiger partial charge in [-0.3, -0.25) is 9.59 Å². The van der Waals surface area contributed by atoms with E-state index in [0.29, 0.717) is 32.8 Å². The van der Waals surface area contributed by atoms with Crippen molar-refractivity contribution in [2.45, 2.75) is 39.2 Å². The molecule has 0 bridgehead atoms. The Kier molecular flexibility index (Phi) is 7.14. The average Bonchev–Trinajstić information content (AvgIpc) is 3.06. The van der Waals surface area contributed by atoms with Crippen LogP contribution in [0.2, 0.25) is 0 Å². The third-order valence-corrected chi connectivity index (χ3v) is 5.42. The Bertz CT molecular complexity index is 694. The van der Waals surface area contributed by atoms with E-state index in [2.05, 4.69) is 5.32 Å². The van der Waals surface area contributed by atoms with Crippen molar-refractivity contribution in [3.8, 4) is 11.5 Å². The van der Waals surface area contributed by atoms with Crippen LogP contribution in [0.3, 0.4) is 0 Å². The van der Waals surface area contributed by atoms with Crippen LogP contribution in [0.5, 0.6) is 11.5 Å². The fraction of sp³-hybridized carbons (Fsp3) is 0.619. The van der Waals surface area contributed by atoms with Crippen LogP contribution >= 0.6 is 0 Å². The molecule has 2 atom stereocenters. The molecule has 1 aromatic carbocycles. The summed E-state index contributed by atoms with van der Waals surface area (Å²) in [7, 11) is 0. The zero-order valence-corrected chi connectivity index (χ0v) is 17.0. The maximum Gasteiger partial charge on any atom is 0.278 e. The first-order valence-electron chi connectivity index (χ1n) is 10.4. The molecule has 28 heavy (non-hydrogen) atoms. The van der Waals surface area contributed by atoms with E-state index in [1.807, 2.05) is 36.9 Å². The van der Waals surface area contributed by atoms with Gasteiger partial charge in [-0.05, 0) is 44.4 Å². The lowest BCUT2D eigenvalue weighted by molar-refractivity contribution is -0.882. The Morgan fingerprint density at radius 2 is 1.93 bits per heavy atom. The van der Waals surface area contributed by atoms with Crippen molar-refractivity contribution in [3.63, 3.8) is 0 Å². The molecule has 2 heterocycles. The number of carbonyl (C=O) groups excluding carboxylic acids is 2. The number of ether oxygens (including phenoxy) is 2. The minimum absolute atomic E-state index is 0.00646. The van der Waals surface area contributed by atoms with Crippen LogP contribution in [0.15, 0.2) is 18.2 Å². The molecule has 2 aliphatic heterocycles. The second-order valence-electron chi connectivity index (χ2n) is 7.41. The molecule has 2 amide bonds. The molecular formula is C21H32N3O4+. The molecule has 0 spiro atoms. The predicted octanol–water partition coefficient (Wildman–Crippen LogP) is 0.552. The minimum Gasteiger partial charge on any atom is -0.490 e. The van der Waals surface area contributed by atoms with Crippen molar-refractivity contribution >= 4 is 11.8 Å². The number of likely N-dealkylation sites (tertiary alicyclic amines) is 1. The highest BCUT2D eigenvalue weighted by molar-refractivity contribution is 5.79. The van der Waals surface area contributed by atoms with Gasteiger partial charge in [-0.25, -0.2) is 0 Å². The van der Waals surface area contributed by atoms with Crippen LogP contribution < -0.4 is 19.7 Å². The van der Waals surface area contributed by atoms with Crippen molar-refractivity contribution < 1.29 is 24.0 Å². The number of quaternary nitrogens is 1. The molecular weight excluding hydrogens is 358 g/mol. The summed E-state index contributed by atoms with van der Waals surface area (Å²) in [5, 5.41) is 2.81. The average molecular weight is 391 g/mol. The summed E-state index contributed by atoms with van der Waals surface area (Å²) in [5.41, 5.74) is 1.09. The van der Waals surface area contributed by atoms with E-state index < -0.39 is 0 Å². The van der Waals surface area contributed by atoms with Gasteiger partial charge in [-0.15, -0.1) is 0 Å². The first-order chi connectivity index (χ1) is 13.6. The molecule has 3 rings (SSSR count). The highest BCUT2D eigenvalue weighted by atomic mass is 16.5. The SMILES string of the molecule is CCNC(=O)C[NH+](CC)CC(=O)N1CCC[C@@H]1c1ccc2c(c1)OCCCO2. The van der Waals surface area contributed by atoms with E-state index in [1.54, 1.807) is 0 Å². The topological polar surface area (TPSA) is 72.3 Å². The first kappa shape index (κ1) is 20.5. The largest absolute Gasteiger partial charge is 0.490 e. The molecule has 0 aliphatic carbocycles. The number of carbonyl (C=O) groups is 2. The third kappa shape index (κ3) is 4.95. The van der Waals surface area contributed by atoms with E-state index in [-0.39, 0.29) is 17.9 Å². The summed E-state index contributed by atoms with van der Waals surface area (Å²) < 4.78 is 11.5. The lowest BCUT2D eigenvalue weighted by Crippen LogP contribution is -3.14. The molecule has 0 radical (unpaired) electrons. The second kappa shape index (κ2) is 9.78. The molecule has 7 nitrogen and oxygen atoms in total. The number of benzene rings is 1. The van der Waals surface area contributed by atoms with Crippen LogP contribution in [0.25, 0.3) is 0 Å². The van der Waals surface area contributed by atoms with Gasteiger partial charge in [-0.2, -0.15) is 0 Å². The summed E-state index contributed by atoms with van der Waals surface area (Å²) in [5.74, 6) is 1.65. The van der Waals surface area contributed by atoms with Crippen LogP contribution in [0.1, 0.15) is 44.7 Å². The van der Waals surface area contributed by atoms with Crippen molar-refractivity contribution in [1.82, 2.24) is 10.2 Å². The van der Waals surface area contributed by atoms with Crippen LogP contribution in [-0.2, 0) is 9.59 Å². The van der Waals surface area contributed by atoms with Gasteiger partial charge in [0.1, 0.15) is 0 Å². The van der Waals surface area contributed by atoms with E-state index >= 15 is 0 Å². The quantitative estimate of drug-likeness (QED) is 0.713.